The van der Waals surface area contributed by atoms with E-state index in [4.69, 9.17) is 10.5 Å². The van der Waals surface area contributed by atoms with Crippen LogP contribution in [0, 0.1) is 0 Å². The van der Waals surface area contributed by atoms with Crippen molar-refractivity contribution < 1.29 is 30.0 Å². The summed E-state index contributed by atoms with van der Waals surface area (Å²) < 4.78 is 5.42. The van der Waals surface area contributed by atoms with Crippen LogP contribution in [0.25, 0.3) is 0 Å². The summed E-state index contributed by atoms with van der Waals surface area (Å²) in [6, 6.07) is 0. The van der Waals surface area contributed by atoms with Gasteiger partial charge in [0.2, 0.25) is 0 Å². The van der Waals surface area contributed by atoms with Crippen LogP contribution in [0.4, 0.5) is 0 Å². The van der Waals surface area contributed by atoms with Crippen molar-refractivity contribution in [3.8, 4) is 0 Å². The minimum Gasteiger partial charge on any atom is -0.447 e. The first-order valence-corrected chi connectivity index (χ1v) is 17.2. The molecule has 2 N–H and O–H groups in total. The molecule has 0 fully saturated rings. The molecule has 0 aliphatic rings. The van der Waals surface area contributed by atoms with Crippen molar-refractivity contribution in [1.29, 1.82) is 0 Å². The van der Waals surface area contributed by atoms with Gasteiger partial charge in [0, 0.05) is 26.8 Å². The standard InChI is InChI=1S/C34H69NO2.Pd/c1-3-5-7-9-11-13-15-17-18-20-21-23-25-27-29-31-33(35)37-34(36)32-30-28-26-24-22-19-16-14-12-10-8-6-4-2;/h33H,3-32,35H2,1-2H3;. The van der Waals surface area contributed by atoms with Gasteiger partial charge in [0.25, 0.3) is 0 Å². The van der Waals surface area contributed by atoms with E-state index in [1.807, 2.05) is 0 Å². The van der Waals surface area contributed by atoms with Gasteiger partial charge in [-0.3, -0.25) is 10.5 Å². The number of carbonyl (C=O) groups excluding carboxylic acids is 1. The van der Waals surface area contributed by atoms with Crippen LogP contribution in [-0.4, -0.2) is 12.2 Å². The zero-order valence-electron chi connectivity index (χ0n) is 26.0. The van der Waals surface area contributed by atoms with Crippen LogP contribution in [0.2, 0.25) is 0 Å². The van der Waals surface area contributed by atoms with Gasteiger partial charge in [-0.05, 0) is 19.3 Å². The van der Waals surface area contributed by atoms with Crippen molar-refractivity contribution in [1.82, 2.24) is 0 Å². The Labute approximate surface area is 253 Å². The molecule has 38 heavy (non-hydrogen) atoms. The normalized spacial score (nSPS) is 11.9. The number of nitrogens with two attached hydrogens (primary N) is 1. The summed E-state index contributed by atoms with van der Waals surface area (Å²) >= 11 is 0. The molecule has 0 aliphatic heterocycles. The Hall–Kier alpha value is 0.0923. The van der Waals surface area contributed by atoms with E-state index in [1.165, 1.54) is 161 Å². The number of unbranched alkanes of at least 4 members (excludes halogenated alkanes) is 26. The summed E-state index contributed by atoms with van der Waals surface area (Å²) in [4.78, 5) is 12.0. The van der Waals surface area contributed by atoms with Crippen LogP contribution in [0.1, 0.15) is 206 Å². The van der Waals surface area contributed by atoms with Crippen molar-refractivity contribution in [3.05, 3.63) is 0 Å². The Morgan fingerprint density at radius 2 is 0.737 bits per heavy atom. The van der Waals surface area contributed by atoms with Gasteiger partial charge in [0.15, 0.2) is 6.23 Å². The molecule has 0 amide bonds. The molecule has 0 spiro atoms. The molecule has 4 heteroatoms. The molecule has 0 aliphatic carbocycles. The predicted molar refractivity (Wildman–Crippen MR) is 164 cm³/mol. The largest absolute Gasteiger partial charge is 0.447 e. The number of hydrogen-bond donors (Lipinski definition) is 1. The molecule has 0 aromatic carbocycles. The number of ether oxygens (including phenoxy) is 1. The van der Waals surface area contributed by atoms with Gasteiger partial charge in [-0.25, -0.2) is 0 Å². The van der Waals surface area contributed by atoms with Crippen LogP contribution < -0.4 is 5.73 Å². The smallest absolute Gasteiger partial charge is 0.307 e. The van der Waals surface area contributed by atoms with E-state index in [9.17, 15) is 4.79 Å². The molecule has 0 radical (unpaired) electrons. The molecule has 0 rings (SSSR count). The van der Waals surface area contributed by atoms with Gasteiger partial charge in [-0.1, -0.05) is 181 Å². The van der Waals surface area contributed by atoms with Crippen molar-refractivity contribution >= 4 is 5.97 Å². The maximum Gasteiger partial charge on any atom is 0.307 e. The zero-order valence-corrected chi connectivity index (χ0v) is 27.6. The molecule has 1 unspecified atom stereocenters. The maximum atomic E-state index is 12.0. The number of hydrogen-bond acceptors (Lipinski definition) is 3. The van der Waals surface area contributed by atoms with E-state index in [-0.39, 0.29) is 26.4 Å². The summed E-state index contributed by atoms with van der Waals surface area (Å²) in [5.74, 6) is -0.100. The van der Waals surface area contributed by atoms with Crippen molar-refractivity contribution in [2.75, 3.05) is 0 Å². The van der Waals surface area contributed by atoms with Crippen molar-refractivity contribution in [3.63, 3.8) is 0 Å². The molecule has 0 heterocycles. The summed E-state index contributed by atoms with van der Waals surface area (Å²) in [5.41, 5.74) is 6.03. The van der Waals surface area contributed by atoms with Crippen LogP contribution in [0.3, 0.4) is 0 Å². The van der Waals surface area contributed by atoms with Gasteiger partial charge in [0.05, 0.1) is 0 Å². The van der Waals surface area contributed by atoms with Gasteiger partial charge in [0.1, 0.15) is 0 Å². The molecule has 0 bridgehead atoms. The second-order valence-electron chi connectivity index (χ2n) is 11.8. The zero-order chi connectivity index (χ0) is 27.1. The van der Waals surface area contributed by atoms with Crippen molar-refractivity contribution in [2.24, 2.45) is 5.73 Å². The first-order valence-electron chi connectivity index (χ1n) is 17.2. The molecular weight excluding hydrogens is 561 g/mol. The SMILES string of the molecule is CCCCCCCCCCCCCCCCCC(N)OC(=O)CCCCCCCCCCCCCCC.[Pd]. The summed E-state index contributed by atoms with van der Waals surface area (Å²) in [7, 11) is 0. The predicted octanol–water partition coefficient (Wildman–Crippen LogP) is 11.6. The van der Waals surface area contributed by atoms with Gasteiger partial charge in [-0.15, -0.1) is 0 Å². The fourth-order valence-corrected chi connectivity index (χ4v) is 5.29. The molecule has 0 saturated carbocycles. The van der Waals surface area contributed by atoms with Crippen LogP contribution in [-0.2, 0) is 30.0 Å². The molecule has 3 nitrogen and oxygen atoms in total. The first-order chi connectivity index (χ1) is 18.2. The topological polar surface area (TPSA) is 52.3 Å². The third-order valence-electron chi connectivity index (χ3n) is 7.86. The molecule has 0 aromatic rings. The van der Waals surface area contributed by atoms with Gasteiger partial charge >= 0.3 is 5.97 Å². The Morgan fingerprint density at radius 3 is 1.05 bits per heavy atom. The Kier molecular flexibility index (Phi) is 37.2. The fraction of sp³-hybridized carbons (Fsp3) is 0.971. The number of esters is 1. The number of rotatable bonds is 31. The number of carbonyl (C=O) groups is 1. The van der Waals surface area contributed by atoms with Gasteiger partial charge < -0.3 is 4.74 Å². The monoisotopic (exact) mass is 629 g/mol. The van der Waals surface area contributed by atoms with Crippen LogP contribution in [0.5, 0.6) is 0 Å². The quantitative estimate of drug-likeness (QED) is 0.0359. The van der Waals surface area contributed by atoms with E-state index >= 15 is 0 Å². The minimum atomic E-state index is -0.406. The molecule has 232 valence electrons. The van der Waals surface area contributed by atoms with Crippen LogP contribution >= 0.6 is 0 Å². The Balaban J connectivity index is 0. The second-order valence-corrected chi connectivity index (χ2v) is 11.8. The Bertz CT molecular complexity index is 446. The van der Waals surface area contributed by atoms with E-state index in [0.29, 0.717) is 6.42 Å². The van der Waals surface area contributed by atoms with Gasteiger partial charge in [-0.2, -0.15) is 0 Å². The molecule has 0 saturated heterocycles. The molecular formula is C34H69NO2Pd. The molecule has 1 atom stereocenters. The maximum absolute atomic E-state index is 12.0. The molecule has 0 aromatic heterocycles. The fourth-order valence-electron chi connectivity index (χ4n) is 5.29. The third-order valence-corrected chi connectivity index (χ3v) is 7.86. The third kappa shape index (κ3) is 34.1. The average Bonchev–Trinajstić information content (AvgIpc) is 2.89. The van der Waals surface area contributed by atoms with E-state index in [0.717, 1.165) is 25.7 Å². The van der Waals surface area contributed by atoms with Crippen molar-refractivity contribution in [2.45, 2.75) is 213 Å². The van der Waals surface area contributed by atoms with E-state index in [1.54, 1.807) is 0 Å². The average molecular weight is 630 g/mol. The van der Waals surface area contributed by atoms with E-state index in [2.05, 4.69) is 13.8 Å². The second kappa shape index (κ2) is 35.1. The summed E-state index contributed by atoms with van der Waals surface area (Å²) in [6.07, 6.45) is 38.6. The summed E-state index contributed by atoms with van der Waals surface area (Å²) in [5, 5.41) is 0. The summed E-state index contributed by atoms with van der Waals surface area (Å²) in [6.45, 7) is 4.56. The minimum absolute atomic E-state index is 0. The van der Waals surface area contributed by atoms with E-state index < -0.39 is 6.23 Å². The first kappa shape index (κ1) is 40.2. The Morgan fingerprint density at radius 1 is 0.474 bits per heavy atom. The van der Waals surface area contributed by atoms with Crippen LogP contribution in [0.15, 0.2) is 0 Å².